The van der Waals surface area contributed by atoms with Gasteiger partial charge in [0, 0.05) is 41.7 Å². The van der Waals surface area contributed by atoms with Crippen molar-refractivity contribution in [3.05, 3.63) is 42.2 Å². The van der Waals surface area contributed by atoms with E-state index < -0.39 is 0 Å². The highest BCUT2D eigenvalue weighted by Gasteiger charge is 2.57. The number of hydrogen-bond acceptors (Lipinski definition) is 3. The molecule has 1 aliphatic carbocycles. The summed E-state index contributed by atoms with van der Waals surface area (Å²) in [6.07, 6.45) is 7.76. The first kappa shape index (κ1) is 15.3. The summed E-state index contributed by atoms with van der Waals surface area (Å²) >= 11 is 0. The molecule has 4 heteroatoms. The Hall–Kier alpha value is -1.94. The number of fused-ring (bicyclic) bond motifs is 2. The number of rotatable bonds is 1. The van der Waals surface area contributed by atoms with Crippen LogP contribution in [-0.4, -0.2) is 40.5 Å². The quantitative estimate of drug-likeness (QED) is 0.869. The maximum absolute atomic E-state index is 13.6. The van der Waals surface area contributed by atoms with Crippen LogP contribution in [0, 0.1) is 5.41 Å². The van der Waals surface area contributed by atoms with Crippen molar-refractivity contribution in [2.75, 3.05) is 6.54 Å². The minimum atomic E-state index is 0.125. The van der Waals surface area contributed by atoms with Gasteiger partial charge in [0.25, 0.3) is 5.91 Å². The van der Waals surface area contributed by atoms with Gasteiger partial charge in [0.1, 0.15) is 5.69 Å². The molecular formula is C21H25N3O. The van der Waals surface area contributed by atoms with Gasteiger partial charge in [-0.25, -0.2) is 0 Å². The molecule has 0 radical (unpaired) electrons. The monoisotopic (exact) mass is 335 g/mol. The zero-order valence-electron chi connectivity index (χ0n) is 14.7. The minimum absolute atomic E-state index is 0.125. The van der Waals surface area contributed by atoms with Crippen molar-refractivity contribution >= 4 is 16.7 Å². The molecule has 1 aromatic heterocycles. The summed E-state index contributed by atoms with van der Waals surface area (Å²) in [6.45, 7) is 3.32. The molecule has 4 nitrogen and oxygen atoms in total. The Labute approximate surface area is 148 Å². The largest absolute Gasteiger partial charge is 0.329 e. The number of carbonyl (C=O) groups excluding carboxylic acids is 1. The molecule has 5 rings (SSSR count). The van der Waals surface area contributed by atoms with E-state index in [-0.39, 0.29) is 11.3 Å². The van der Waals surface area contributed by atoms with Crippen LogP contribution in [0.1, 0.15) is 49.5 Å². The van der Waals surface area contributed by atoms with Crippen molar-refractivity contribution in [3.63, 3.8) is 0 Å². The van der Waals surface area contributed by atoms with E-state index in [1.165, 1.54) is 19.3 Å². The molecule has 3 heterocycles. The first-order valence-corrected chi connectivity index (χ1v) is 9.58. The van der Waals surface area contributed by atoms with E-state index in [0.29, 0.717) is 23.8 Å². The molecule has 1 N–H and O–H groups in total. The SMILES string of the molecule is C[C@@]12C[C@H]3CN[C@@H]1CCCC[C@@H]2N3C(=O)c1nccc2ccccc12. The summed E-state index contributed by atoms with van der Waals surface area (Å²) in [5.74, 6) is 0.125. The van der Waals surface area contributed by atoms with Gasteiger partial charge in [0.05, 0.1) is 0 Å². The molecule has 0 spiro atoms. The molecule has 1 aromatic carbocycles. The van der Waals surface area contributed by atoms with Crippen LogP contribution in [0.3, 0.4) is 0 Å². The minimum Gasteiger partial charge on any atom is -0.329 e. The Morgan fingerprint density at radius 1 is 1.24 bits per heavy atom. The Balaban J connectivity index is 1.59. The number of benzene rings is 1. The van der Waals surface area contributed by atoms with Crippen LogP contribution in [0.5, 0.6) is 0 Å². The molecular weight excluding hydrogens is 310 g/mol. The molecule has 2 aliphatic heterocycles. The normalized spacial score (nSPS) is 34.1. The van der Waals surface area contributed by atoms with Crippen molar-refractivity contribution in [1.29, 1.82) is 0 Å². The van der Waals surface area contributed by atoms with Crippen LogP contribution < -0.4 is 5.32 Å². The maximum Gasteiger partial charge on any atom is 0.273 e. The fourth-order valence-electron chi connectivity index (χ4n) is 5.68. The number of aromatic nitrogens is 1. The van der Waals surface area contributed by atoms with E-state index in [2.05, 4.69) is 28.2 Å². The Morgan fingerprint density at radius 3 is 3.00 bits per heavy atom. The Kier molecular flexibility index (Phi) is 3.39. The van der Waals surface area contributed by atoms with Crippen molar-refractivity contribution in [3.8, 4) is 0 Å². The van der Waals surface area contributed by atoms with Gasteiger partial charge in [-0.2, -0.15) is 0 Å². The van der Waals surface area contributed by atoms with E-state index in [4.69, 9.17) is 0 Å². The number of likely N-dealkylation sites (tertiary alicyclic amines) is 1. The summed E-state index contributed by atoms with van der Waals surface area (Å²) in [7, 11) is 0. The molecule has 3 aliphatic rings. The lowest BCUT2D eigenvalue weighted by atomic mass is 9.72. The Bertz CT molecular complexity index is 830. The molecule has 0 unspecified atom stereocenters. The maximum atomic E-state index is 13.6. The smallest absolute Gasteiger partial charge is 0.273 e. The first-order valence-electron chi connectivity index (χ1n) is 9.58. The summed E-state index contributed by atoms with van der Waals surface area (Å²) in [6, 6.07) is 11.3. The van der Waals surface area contributed by atoms with Crippen molar-refractivity contribution in [2.45, 2.75) is 57.2 Å². The highest BCUT2D eigenvalue weighted by Crippen LogP contribution is 2.50. The van der Waals surface area contributed by atoms with Gasteiger partial charge in [-0.05, 0) is 30.7 Å². The van der Waals surface area contributed by atoms with Gasteiger partial charge in [-0.15, -0.1) is 0 Å². The second-order valence-corrected chi connectivity index (χ2v) is 8.22. The Morgan fingerprint density at radius 2 is 2.08 bits per heavy atom. The summed E-state index contributed by atoms with van der Waals surface area (Å²) in [4.78, 5) is 20.3. The van der Waals surface area contributed by atoms with Crippen LogP contribution in [0.4, 0.5) is 0 Å². The molecule has 4 atom stereocenters. The fraction of sp³-hybridized carbons (Fsp3) is 0.524. The third-order valence-electron chi connectivity index (χ3n) is 6.89. The van der Waals surface area contributed by atoms with Gasteiger partial charge in [-0.3, -0.25) is 9.78 Å². The zero-order valence-corrected chi connectivity index (χ0v) is 14.7. The van der Waals surface area contributed by atoms with Crippen LogP contribution in [-0.2, 0) is 0 Å². The number of pyridine rings is 1. The number of carbonyl (C=O) groups is 1. The predicted octanol–water partition coefficient (Wildman–Crippen LogP) is 3.37. The van der Waals surface area contributed by atoms with Gasteiger partial charge in [-0.1, -0.05) is 44.0 Å². The van der Waals surface area contributed by atoms with E-state index >= 15 is 0 Å². The second kappa shape index (κ2) is 5.53. The third kappa shape index (κ3) is 2.16. The highest BCUT2D eigenvalue weighted by molar-refractivity contribution is 6.05. The number of nitrogens with one attached hydrogen (secondary N) is 1. The van der Waals surface area contributed by atoms with Crippen LogP contribution in [0.15, 0.2) is 36.5 Å². The van der Waals surface area contributed by atoms with Gasteiger partial charge in [0.15, 0.2) is 0 Å². The topological polar surface area (TPSA) is 45.2 Å². The van der Waals surface area contributed by atoms with Gasteiger partial charge >= 0.3 is 0 Å². The standard InChI is InChI=1S/C21H25N3O/c1-21-12-15-13-23-17(21)8-4-5-9-18(21)24(15)20(25)19-16-7-3-2-6-14(16)10-11-22-19/h2-3,6-7,10-11,15,17-18,23H,4-5,8-9,12-13H2,1H3/t15-,17+,18-,21+/m0/s1. The molecule has 25 heavy (non-hydrogen) atoms. The molecule has 130 valence electrons. The molecule has 2 saturated heterocycles. The lowest BCUT2D eigenvalue weighted by molar-refractivity contribution is 0.0625. The van der Waals surface area contributed by atoms with E-state index in [9.17, 15) is 4.79 Å². The van der Waals surface area contributed by atoms with Crippen LogP contribution in [0.2, 0.25) is 0 Å². The molecule has 1 amide bonds. The lowest BCUT2D eigenvalue weighted by Crippen LogP contribution is -2.51. The first-order chi connectivity index (χ1) is 12.2. The summed E-state index contributed by atoms with van der Waals surface area (Å²) < 4.78 is 0. The highest BCUT2D eigenvalue weighted by atomic mass is 16.2. The summed E-state index contributed by atoms with van der Waals surface area (Å²) in [5.41, 5.74) is 0.828. The number of amides is 1. The second-order valence-electron chi connectivity index (χ2n) is 8.22. The van der Waals surface area contributed by atoms with Gasteiger partial charge < -0.3 is 10.2 Å². The average molecular weight is 335 g/mol. The number of piperidine rings is 1. The van der Waals surface area contributed by atoms with Gasteiger partial charge in [0.2, 0.25) is 0 Å². The number of nitrogens with zero attached hydrogens (tertiary/aromatic N) is 2. The average Bonchev–Trinajstić information content (AvgIpc) is 2.75. The zero-order chi connectivity index (χ0) is 17.0. The summed E-state index contributed by atoms with van der Waals surface area (Å²) in [5, 5.41) is 5.81. The number of hydrogen-bond donors (Lipinski definition) is 1. The van der Waals surface area contributed by atoms with E-state index in [1.807, 2.05) is 24.3 Å². The van der Waals surface area contributed by atoms with Crippen LogP contribution >= 0.6 is 0 Å². The van der Waals surface area contributed by atoms with E-state index in [1.54, 1.807) is 6.20 Å². The fourth-order valence-corrected chi connectivity index (χ4v) is 5.68. The van der Waals surface area contributed by atoms with E-state index in [0.717, 1.165) is 30.2 Å². The lowest BCUT2D eigenvalue weighted by Gasteiger charge is -2.39. The van der Waals surface area contributed by atoms with Crippen molar-refractivity contribution < 1.29 is 4.79 Å². The molecule has 3 fully saturated rings. The predicted molar refractivity (Wildman–Crippen MR) is 98.5 cm³/mol. The molecule has 2 aromatic rings. The molecule has 1 saturated carbocycles. The van der Waals surface area contributed by atoms with Crippen LogP contribution in [0.25, 0.3) is 10.8 Å². The van der Waals surface area contributed by atoms with Crippen molar-refractivity contribution in [2.24, 2.45) is 5.41 Å². The third-order valence-corrected chi connectivity index (χ3v) is 6.89. The van der Waals surface area contributed by atoms with Crippen molar-refractivity contribution in [1.82, 2.24) is 15.2 Å². The molecule has 2 bridgehead atoms.